The van der Waals surface area contributed by atoms with Crippen molar-refractivity contribution in [3.63, 3.8) is 0 Å². The minimum absolute atomic E-state index is 0.465. The van der Waals surface area contributed by atoms with Gasteiger partial charge in [-0.15, -0.1) is 0 Å². The summed E-state index contributed by atoms with van der Waals surface area (Å²) in [5.41, 5.74) is 9.95. The molecule has 0 aliphatic carbocycles. The van der Waals surface area contributed by atoms with E-state index in [4.69, 9.17) is 14.4 Å². The molecule has 0 saturated heterocycles. The summed E-state index contributed by atoms with van der Waals surface area (Å²) in [6.45, 7) is 0. The highest BCUT2D eigenvalue weighted by Crippen LogP contribution is 2.43. The number of hydrogen-bond acceptors (Lipinski definition) is 5. The van der Waals surface area contributed by atoms with Gasteiger partial charge in [0.2, 0.25) is 0 Å². The zero-order valence-corrected chi connectivity index (χ0v) is 31.5. The summed E-state index contributed by atoms with van der Waals surface area (Å²) in [6.07, 6.45) is -0.465. The van der Waals surface area contributed by atoms with Gasteiger partial charge in [0, 0.05) is 44.9 Å². The van der Waals surface area contributed by atoms with Crippen molar-refractivity contribution in [1.82, 2.24) is 5.32 Å². The Hall–Kier alpha value is -7.76. The molecule has 2 heterocycles. The second-order valence-corrected chi connectivity index (χ2v) is 14.6. The first-order chi connectivity index (χ1) is 28.7. The minimum Gasteiger partial charge on any atom is -0.456 e. The van der Waals surface area contributed by atoms with E-state index in [1.165, 1.54) is 27.1 Å². The van der Waals surface area contributed by atoms with Crippen LogP contribution in [0.1, 0.15) is 22.9 Å². The first-order valence-electron chi connectivity index (χ1n) is 19.6. The summed E-state index contributed by atoms with van der Waals surface area (Å²) in [5.74, 6) is 1.44. The molecule has 0 amide bonds. The molecular weight excluding hydrogens is 709 g/mol. The number of rotatable bonds is 7. The van der Waals surface area contributed by atoms with E-state index in [0.717, 1.165) is 67.1 Å². The molecule has 0 fully saturated rings. The normalized spacial score (nSPS) is 14.0. The van der Waals surface area contributed by atoms with Gasteiger partial charge in [0.15, 0.2) is 5.84 Å². The van der Waals surface area contributed by atoms with Crippen molar-refractivity contribution in [2.45, 2.75) is 6.17 Å². The van der Waals surface area contributed by atoms with Crippen LogP contribution in [0.25, 0.3) is 54.6 Å². The van der Waals surface area contributed by atoms with E-state index in [1.807, 2.05) is 48.5 Å². The average Bonchev–Trinajstić information content (AvgIpc) is 3.68. The Balaban J connectivity index is 1.09. The van der Waals surface area contributed by atoms with Gasteiger partial charge in [-0.2, -0.15) is 0 Å². The molecule has 0 radical (unpaired) electrons. The first kappa shape index (κ1) is 33.6. The Morgan fingerprint density at radius 1 is 0.448 bits per heavy atom. The summed E-state index contributed by atoms with van der Waals surface area (Å²) in [6, 6.07) is 72.2. The topological polar surface area (TPSA) is 53.1 Å². The second-order valence-electron chi connectivity index (χ2n) is 14.6. The van der Waals surface area contributed by atoms with Gasteiger partial charge in [0.25, 0.3) is 0 Å². The Morgan fingerprint density at radius 3 is 1.81 bits per heavy atom. The predicted octanol–water partition coefficient (Wildman–Crippen LogP) is 13.5. The van der Waals surface area contributed by atoms with Gasteiger partial charge in [-0.25, -0.2) is 9.98 Å². The van der Waals surface area contributed by atoms with Crippen LogP contribution < -0.4 is 10.2 Å². The van der Waals surface area contributed by atoms with Crippen LogP contribution in [0.4, 0.5) is 17.1 Å². The van der Waals surface area contributed by atoms with E-state index in [-0.39, 0.29) is 0 Å². The lowest BCUT2D eigenvalue weighted by Gasteiger charge is -2.28. The number of amidine groups is 2. The molecule has 0 spiro atoms. The summed E-state index contributed by atoms with van der Waals surface area (Å²) < 4.78 is 6.69. The van der Waals surface area contributed by atoms with Crippen LogP contribution in [0.5, 0.6) is 0 Å². The first-order valence-corrected chi connectivity index (χ1v) is 19.6. The highest BCUT2D eigenvalue weighted by atomic mass is 16.3. The van der Waals surface area contributed by atoms with Gasteiger partial charge in [-0.05, 0) is 75.1 Å². The van der Waals surface area contributed by atoms with Crippen LogP contribution in [-0.2, 0) is 0 Å². The number of aliphatic imine (C=N–C) groups is 2. The molecule has 1 aromatic heterocycles. The van der Waals surface area contributed by atoms with E-state index in [1.54, 1.807) is 0 Å². The molecule has 1 aliphatic heterocycles. The van der Waals surface area contributed by atoms with Gasteiger partial charge in [-0.3, -0.25) is 0 Å². The van der Waals surface area contributed by atoms with Crippen LogP contribution in [0.15, 0.2) is 221 Å². The number of nitrogens with zero attached hydrogens (tertiary/aromatic N) is 3. The fraction of sp³-hybridized carbons (Fsp3) is 0.0189. The molecule has 9 aromatic carbocycles. The van der Waals surface area contributed by atoms with Crippen molar-refractivity contribution < 1.29 is 4.42 Å². The number of fused-ring (bicyclic) bond motifs is 6. The Labute approximate surface area is 335 Å². The van der Waals surface area contributed by atoms with Gasteiger partial charge < -0.3 is 14.6 Å². The van der Waals surface area contributed by atoms with E-state index < -0.39 is 6.17 Å². The molecule has 5 nitrogen and oxygen atoms in total. The number of benzene rings is 9. The summed E-state index contributed by atoms with van der Waals surface area (Å²) in [4.78, 5) is 12.7. The van der Waals surface area contributed by atoms with Crippen molar-refractivity contribution in [1.29, 1.82) is 0 Å². The third kappa shape index (κ3) is 5.89. The molecule has 5 heteroatoms. The van der Waals surface area contributed by atoms with Crippen LogP contribution >= 0.6 is 0 Å². The second kappa shape index (κ2) is 14.1. The molecule has 0 saturated carbocycles. The molecular formula is C53H36N4O. The number of anilines is 3. The van der Waals surface area contributed by atoms with Crippen molar-refractivity contribution in [3.05, 3.63) is 223 Å². The molecule has 11 rings (SSSR count). The SMILES string of the molecule is c1ccc(C2=NC(c3cc(N(c4ccccc4)c4ccc(-c5cc6ccccc6c6ccccc56)cc4)cc4oc5ccccc5c34)NC(c3ccccc3)=N2)cc1. The quantitative estimate of drug-likeness (QED) is 0.165. The molecule has 274 valence electrons. The van der Waals surface area contributed by atoms with Crippen LogP contribution in [-0.4, -0.2) is 11.7 Å². The maximum absolute atomic E-state index is 6.69. The molecule has 10 aromatic rings. The van der Waals surface area contributed by atoms with Crippen LogP contribution in [0, 0.1) is 0 Å². The van der Waals surface area contributed by atoms with Crippen molar-refractivity contribution in [3.8, 4) is 11.1 Å². The van der Waals surface area contributed by atoms with Gasteiger partial charge in [-0.1, -0.05) is 158 Å². The highest BCUT2D eigenvalue weighted by molar-refractivity contribution is 6.15. The van der Waals surface area contributed by atoms with E-state index in [0.29, 0.717) is 5.84 Å². The highest BCUT2D eigenvalue weighted by Gasteiger charge is 2.27. The van der Waals surface area contributed by atoms with E-state index in [9.17, 15) is 0 Å². The van der Waals surface area contributed by atoms with Crippen molar-refractivity contribution >= 4 is 72.2 Å². The summed E-state index contributed by atoms with van der Waals surface area (Å²) in [7, 11) is 0. The number of nitrogens with one attached hydrogen (secondary N) is 1. The number of para-hydroxylation sites is 2. The standard InChI is InChI=1S/C53H36N4O/c1-4-16-36(17-5-1)51-54-52(37-18-6-2-7-19-37)56-53(55-51)47-33-41(34-49-50(47)45-26-14-15-27-48(45)58-49)57(39-21-8-3-9-22-39)40-30-28-35(29-31-40)46-32-38-20-10-11-23-42(38)43-24-12-13-25-44(43)46/h1-34,53H,(H,54,55,56). The summed E-state index contributed by atoms with van der Waals surface area (Å²) in [5, 5.41) is 10.8. The lowest BCUT2D eigenvalue weighted by molar-refractivity contribution is 0.662. The van der Waals surface area contributed by atoms with Gasteiger partial charge in [0.1, 0.15) is 23.2 Å². The van der Waals surface area contributed by atoms with Gasteiger partial charge in [0.05, 0.1) is 5.69 Å². The van der Waals surface area contributed by atoms with Crippen molar-refractivity contribution in [2.75, 3.05) is 4.90 Å². The molecule has 58 heavy (non-hydrogen) atoms. The smallest absolute Gasteiger partial charge is 0.159 e. The minimum atomic E-state index is -0.465. The third-order valence-corrected chi connectivity index (χ3v) is 11.1. The Bertz CT molecular complexity index is 3190. The fourth-order valence-corrected chi connectivity index (χ4v) is 8.39. The molecule has 1 atom stereocenters. The average molecular weight is 745 g/mol. The molecule has 1 N–H and O–H groups in total. The largest absolute Gasteiger partial charge is 0.456 e. The molecule has 1 aliphatic rings. The van der Waals surface area contributed by atoms with Crippen LogP contribution in [0.2, 0.25) is 0 Å². The predicted molar refractivity (Wildman–Crippen MR) is 241 cm³/mol. The van der Waals surface area contributed by atoms with Crippen molar-refractivity contribution in [2.24, 2.45) is 9.98 Å². The lowest BCUT2D eigenvalue weighted by atomic mass is 9.93. The fourth-order valence-electron chi connectivity index (χ4n) is 8.39. The van der Waals surface area contributed by atoms with Gasteiger partial charge >= 0.3 is 0 Å². The Kier molecular flexibility index (Phi) is 8.14. The maximum atomic E-state index is 6.69. The summed E-state index contributed by atoms with van der Waals surface area (Å²) >= 11 is 0. The van der Waals surface area contributed by atoms with E-state index in [2.05, 4.69) is 168 Å². The lowest BCUT2D eigenvalue weighted by Crippen LogP contribution is -2.33. The Morgan fingerprint density at radius 2 is 1.05 bits per heavy atom. The number of hydrogen-bond donors (Lipinski definition) is 1. The maximum Gasteiger partial charge on any atom is 0.159 e. The van der Waals surface area contributed by atoms with Crippen LogP contribution in [0.3, 0.4) is 0 Å². The zero-order valence-electron chi connectivity index (χ0n) is 31.5. The number of furan rings is 1. The zero-order chi connectivity index (χ0) is 38.4. The molecule has 0 bridgehead atoms. The van der Waals surface area contributed by atoms with E-state index >= 15 is 0 Å². The third-order valence-electron chi connectivity index (χ3n) is 11.1. The molecule has 1 unspecified atom stereocenters. The monoisotopic (exact) mass is 744 g/mol.